The van der Waals surface area contributed by atoms with Gasteiger partial charge in [0.1, 0.15) is 0 Å². The molecule has 0 spiro atoms. The van der Waals surface area contributed by atoms with Crippen LogP contribution >= 0.6 is 0 Å². The van der Waals surface area contributed by atoms with Crippen molar-refractivity contribution in [3.05, 3.63) is 61.9 Å². The standard InChI is InChI=1S/C23H30N4O3/c1-24-18(10-21(28)23(30)20(24)15-25-7-2-3-8-25)14-26-11-16-9-17(13-26)19-5-4-6-22(29)27(19)12-16/h4-6,10,16-17,30H,2-3,7-9,11-15H2,1H3/t16-,17-/m0/s1. The lowest BCUT2D eigenvalue weighted by molar-refractivity contribution is 0.112. The highest BCUT2D eigenvalue weighted by molar-refractivity contribution is 5.30. The molecule has 2 saturated heterocycles. The summed E-state index contributed by atoms with van der Waals surface area (Å²) in [6, 6.07) is 7.18. The first-order valence-corrected chi connectivity index (χ1v) is 11.0. The third kappa shape index (κ3) is 3.50. The van der Waals surface area contributed by atoms with Gasteiger partial charge in [-0.1, -0.05) is 6.07 Å². The van der Waals surface area contributed by atoms with Gasteiger partial charge in [0.25, 0.3) is 5.56 Å². The van der Waals surface area contributed by atoms with Crippen LogP contribution in [0.5, 0.6) is 5.75 Å². The molecule has 2 aromatic rings. The van der Waals surface area contributed by atoms with Gasteiger partial charge in [0.15, 0.2) is 5.75 Å². The summed E-state index contributed by atoms with van der Waals surface area (Å²) < 4.78 is 3.96. The van der Waals surface area contributed by atoms with Gasteiger partial charge in [0.2, 0.25) is 5.43 Å². The highest BCUT2D eigenvalue weighted by Crippen LogP contribution is 2.35. The van der Waals surface area contributed by atoms with Crippen molar-refractivity contribution in [1.29, 1.82) is 0 Å². The Bertz CT molecular complexity index is 1070. The predicted octanol–water partition coefficient (Wildman–Crippen LogP) is 1.47. The molecule has 5 rings (SSSR count). The third-order valence-electron chi connectivity index (χ3n) is 7.15. The highest BCUT2D eigenvalue weighted by Gasteiger charge is 2.34. The Hall–Kier alpha value is -2.38. The van der Waals surface area contributed by atoms with Gasteiger partial charge in [-0.2, -0.15) is 0 Å². The predicted molar refractivity (Wildman–Crippen MR) is 115 cm³/mol. The zero-order valence-electron chi connectivity index (χ0n) is 17.6. The Morgan fingerprint density at radius 1 is 1.03 bits per heavy atom. The summed E-state index contributed by atoms with van der Waals surface area (Å²) >= 11 is 0. The summed E-state index contributed by atoms with van der Waals surface area (Å²) in [6.45, 7) is 5.93. The van der Waals surface area contributed by atoms with E-state index in [1.807, 2.05) is 22.2 Å². The van der Waals surface area contributed by atoms with E-state index in [2.05, 4.69) is 15.9 Å². The molecule has 0 amide bonds. The molecule has 0 unspecified atom stereocenters. The van der Waals surface area contributed by atoms with Crippen molar-refractivity contribution in [2.45, 2.75) is 44.8 Å². The minimum absolute atomic E-state index is 0.100. The Balaban J connectivity index is 1.39. The fourth-order valence-electron chi connectivity index (χ4n) is 5.63. The molecule has 5 heterocycles. The minimum atomic E-state index is -0.286. The van der Waals surface area contributed by atoms with Crippen molar-refractivity contribution in [2.24, 2.45) is 13.0 Å². The maximum Gasteiger partial charge on any atom is 0.250 e. The van der Waals surface area contributed by atoms with E-state index < -0.39 is 0 Å². The average molecular weight is 411 g/mol. The largest absolute Gasteiger partial charge is 0.503 e. The van der Waals surface area contributed by atoms with Crippen LogP contribution in [0.4, 0.5) is 0 Å². The molecule has 2 atom stereocenters. The maximum atomic E-state index is 12.5. The van der Waals surface area contributed by atoms with Crippen molar-refractivity contribution in [2.75, 3.05) is 26.2 Å². The zero-order chi connectivity index (χ0) is 20.8. The highest BCUT2D eigenvalue weighted by atomic mass is 16.3. The summed E-state index contributed by atoms with van der Waals surface area (Å²) in [7, 11) is 1.96. The lowest BCUT2D eigenvalue weighted by Crippen LogP contribution is -2.47. The number of hydrogen-bond donors (Lipinski definition) is 1. The van der Waals surface area contributed by atoms with Crippen molar-refractivity contribution in [3.8, 4) is 5.75 Å². The number of aromatic nitrogens is 2. The van der Waals surface area contributed by atoms with Crippen LogP contribution in [0.3, 0.4) is 0 Å². The van der Waals surface area contributed by atoms with E-state index in [0.29, 0.717) is 30.6 Å². The Kier molecular flexibility index (Phi) is 5.03. The van der Waals surface area contributed by atoms with E-state index in [-0.39, 0.29) is 16.7 Å². The SMILES string of the molecule is Cn1c(CN2C[C@@H]3C[C@@H](C2)c2cccc(=O)n2C3)cc(=O)c(O)c1CN1CCCC1. The van der Waals surface area contributed by atoms with E-state index in [4.69, 9.17) is 0 Å². The number of fused-ring (bicyclic) bond motifs is 4. The van der Waals surface area contributed by atoms with Crippen LogP contribution in [-0.4, -0.2) is 50.2 Å². The molecule has 0 aromatic carbocycles. The van der Waals surface area contributed by atoms with Crippen molar-refractivity contribution >= 4 is 0 Å². The molecule has 2 fully saturated rings. The molecule has 2 bridgehead atoms. The van der Waals surface area contributed by atoms with Crippen LogP contribution < -0.4 is 11.0 Å². The first-order chi connectivity index (χ1) is 14.5. The zero-order valence-corrected chi connectivity index (χ0v) is 17.6. The third-order valence-corrected chi connectivity index (χ3v) is 7.15. The van der Waals surface area contributed by atoms with Crippen molar-refractivity contribution in [1.82, 2.24) is 18.9 Å². The molecule has 30 heavy (non-hydrogen) atoms. The molecule has 1 N–H and O–H groups in total. The molecule has 3 aliphatic rings. The molecule has 160 valence electrons. The Morgan fingerprint density at radius 2 is 1.83 bits per heavy atom. The molecule has 0 radical (unpaired) electrons. The maximum absolute atomic E-state index is 12.5. The summed E-state index contributed by atoms with van der Waals surface area (Å²) in [6.07, 6.45) is 3.47. The first-order valence-electron chi connectivity index (χ1n) is 11.0. The van der Waals surface area contributed by atoms with E-state index in [1.165, 1.54) is 12.8 Å². The Morgan fingerprint density at radius 3 is 2.63 bits per heavy atom. The number of pyridine rings is 2. The smallest absolute Gasteiger partial charge is 0.250 e. The second kappa shape index (κ2) is 7.71. The van der Waals surface area contributed by atoms with Crippen molar-refractivity contribution in [3.63, 3.8) is 0 Å². The summed E-state index contributed by atoms with van der Waals surface area (Å²) in [5.41, 5.74) is 2.61. The quantitative estimate of drug-likeness (QED) is 0.827. The van der Waals surface area contributed by atoms with Crippen LogP contribution in [0.2, 0.25) is 0 Å². The molecular weight excluding hydrogens is 380 g/mol. The van der Waals surface area contributed by atoms with Gasteiger partial charge in [0.05, 0.1) is 5.69 Å². The second-order valence-corrected chi connectivity index (χ2v) is 9.23. The number of hydrogen-bond acceptors (Lipinski definition) is 5. The first kappa shape index (κ1) is 19.6. The van der Waals surface area contributed by atoms with Gasteiger partial charge in [-0.3, -0.25) is 19.4 Å². The Labute approximate surface area is 176 Å². The topological polar surface area (TPSA) is 70.7 Å². The molecular formula is C23H30N4O3. The molecule has 7 nitrogen and oxygen atoms in total. The van der Waals surface area contributed by atoms with E-state index in [1.54, 1.807) is 12.1 Å². The van der Waals surface area contributed by atoms with Gasteiger partial charge >= 0.3 is 0 Å². The molecule has 0 saturated carbocycles. The van der Waals surface area contributed by atoms with Crippen LogP contribution in [0.15, 0.2) is 33.9 Å². The van der Waals surface area contributed by atoms with Crippen LogP contribution in [0, 0.1) is 5.92 Å². The number of rotatable bonds is 4. The van der Waals surface area contributed by atoms with Crippen LogP contribution in [0.1, 0.15) is 42.3 Å². The van der Waals surface area contributed by atoms with Gasteiger partial charge < -0.3 is 14.2 Å². The van der Waals surface area contributed by atoms with E-state index in [9.17, 15) is 14.7 Å². The fraction of sp³-hybridized carbons (Fsp3) is 0.565. The van der Waals surface area contributed by atoms with Gasteiger partial charge in [-0.25, -0.2) is 0 Å². The number of aromatic hydroxyl groups is 1. The van der Waals surface area contributed by atoms with Crippen LogP contribution in [0.25, 0.3) is 0 Å². The molecule has 3 aliphatic heterocycles. The van der Waals surface area contributed by atoms with Gasteiger partial charge in [0, 0.05) is 69.2 Å². The molecule has 7 heteroatoms. The van der Waals surface area contributed by atoms with Gasteiger partial charge in [-0.15, -0.1) is 0 Å². The van der Waals surface area contributed by atoms with Crippen molar-refractivity contribution < 1.29 is 5.11 Å². The lowest BCUT2D eigenvalue weighted by atomic mass is 9.83. The number of nitrogens with zero attached hydrogens (tertiary/aromatic N) is 4. The molecule has 0 aliphatic carbocycles. The average Bonchev–Trinajstić information content (AvgIpc) is 3.23. The second-order valence-electron chi connectivity index (χ2n) is 9.23. The molecule has 2 aromatic heterocycles. The number of likely N-dealkylation sites (tertiary alicyclic amines) is 2. The van der Waals surface area contributed by atoms with Crippen LogP contribution in [-0.2, 0) is 26.7 Å². The minimum Gasteiger partial charge on any atom is -0.503 e. The van der Waals surface area contributed by atoms with E-state index in [0.717, 1.165) is 50.5 Å². The van der Waals surface area contributed by atoms with Gasteiger partial charge in [-0.05, 0) is 44.3 Å². The monoisotopic (exact) mass is 410 g/mol. The lowest BCUT2D eigenvalue weighted by Gasteiger charge is -2.43. The summed E-state index contributed by atoms with van der Waals surface area (Å²) in [5, 5.41) is 10.4. The normalized spacial score (nSPS) is 24.2. The summed E-state index contributed by atoms with van der Waals surface area (Å²) in [5.74, 6) is 0.691. The fourth-order valence-corrected chi connectivity index (χ4v) is 5.63. The van der Waals surface area contributed by atoms with E-state index >= 15 is 0 Å². The number of piperidine rings is 1. The summed E-state index contributed by atoms with van der Waals surface area (Å²) in [4.78, 5) is 29.4.